The first-order valence-electron chi connectivity index (χ1n) is 7.84. The van der Waals surface area contributed by atoms with Gasteiger partial charge in [-0.2, -0.15) is 0 Å². The van der Waals surface area contributed by atoms with Crippen LogP contribution in [0.25, 0.3) is 0 Å². The number of aliphatic hydroxyl groups excluding tert-OH is 1. The van der Waals surface area contributed by atoms with E-state index in [0.717, 1.165) is 25.9 Å². The normalized spacial score (nSPS) is 11.6. The fraction of sp³-hybridized carbons (Fsp3) is 0.941. The third-order valence-corrected chi connectivity index (χ3v) is 2.53. The van der Waals surface area contributed by atoms with Crippen molar-refractivity contribution in [1.29, 1.82) is 0 Å². The van der Waals surface area contributed by atoms with Crippen molar-refractivity contribution in [2.45, 2.75) is 59.5 Å². The van der Waals surface area contributed by atoms with Gasteiger partial charge in [-0.1, -0.05) is 21.3 Å². The molecule has 0 amide bonds. The van der Waals surface area contributed by atoms with E-state index >= 15 is 0 Å². The molecule has 0 radical (unpaired) electrons. The van der Waals surface area contributed by atoms with Crippen molar-refractivity contribution < 1.29 is 33.6 Å². The maximum Gasteiger partial charge on any atom is 0.179 e. The molecule has 0 unspecified atom stereocenters. The first-order valence-corrected chi connectivity index (χ1v) is 7.84. The van der Waals surface area contributed by atoms with Gasteiger partial charge in [-0.15, -0.1) is 12.4 Å². The largest absolute Gasteiger partial charge is 0.391 e. The van der Waals surface area contributed by atoms with E-state index in [2.05, 4.69) is 9.47 Å². The van der Waals surface area contributed by atoms with Crippen LogP contribution in [0.1, 0.15) is 47.0 Å². The van der Waals surface area contributed by atoms with Crippen LogP contribution in [0.4, 0.5) is 0 Å². The number of ether oxygens (including phenoxy) is 5. The van der Waals surface area contributed by atoms with Gasteiger partial charge in [-0.3, -0.25) is 0 Å². The highest BCUT2D eigenvalue weighted by molar-refractivity contribution is 5.85. The number of hydrogen-bond acceptors (Lipinski definition) is 7. The highest BCUT2D eigenvalue weighted by atomic mass is 35.5. The summed E-state index contributed by atoms with van der Waals surface area (Å²) in [5.41, 5.74) is 0. The van der Waals surface area contributed by atoms with Crippen LogP contribution in [-0.4, -0.2) is 72.2 Å². The van der Waals surface area contributed by atoms with E-state index in [1.54, 1.807) is 14.2 Å². The van der Waals surface area contributed by atoms with Crippen LogP contribution in [0.3, 0.4) is 0 Å². The van der Waals surface area contributed by atoms with E-state index in [4.69, 9.17) is 19.3 Å². The van der Waals surface area contributed by atoms with Gasteiger partial charge in [-0.05, 0) is 19.3 Å². The molecule has 1 N–H and O–H groups in total. The zero-order valence-electron chi connectivity index (χ0n) is 16.0. The minimum Gasteiger partial charge on any atom is -0.391 e. The quantitative estimate of drug-likeness (QED) is 0.526. The molecule has 0 aromatic rings. The minimum atomic E-state index is -0.458. The first-order chi connectivity index (χ1) is 11.1. The number of aldehydes is 1. The summed E-state index contributed by atoms with van der Waals surface area (Å²) in [6, 6.07) is 0. The zero-order valence-corrected chi connectivity index (χ0v) is 16.8. The number of carbonyl (C=O) groups excluding carboxylic acids is 1. The molecule has 7 nitrogen and oxygen atoms in total. The average molecular weight is 393 g/mol. The summed E-state index contributed by atoms with van der Waals surface area (Å²) in [4.78, 5) is 9.17. The van der Waals surface area contributed by atoms with E-state index < -0.39 is 6.29 Å². The SMILES string of the molecule is C.C1CCOC1.CCC(OC)OC.CCC=O.COC(CO)OC.Cl. The molecule has 0 spiro atoms. The second kappa shape index (κ2) is 34.9. The summed E-state index contributed by atoms with van der Waals surface area (Å²) < 4.78 is 23.8. The van der Waals surface area contributed by atoms with Gasteiger partial charge in [0.2, 0.25) is 0 Å². The molecule has 1 fully saturated rings. The summed E-state index contributed by atoms with van der Waals surface area (Å²) in [5.74, 6) is 0. The molecule has 8 heteroatoms. The summed E-state index contributed by atoms with van der Waals surface area (Å²) in [7, 11) is 6.23. The molecule has 0 aromatic carbocycles. The predicted molar refractivity (Wildman–Crippen MR) is 103 cm³/mol. The maximum absolute atomic E-state index is 9.17. The lowest BCUT2D eigenvalue weighted by Crippen LogP contribution is -2.16. The maximum atomic E-state index is 9.17. The highest BCUT2D eigenvalue weighted by Gasteiger charge is 1.98. The molecule has 1 saturated heterocycles. The Balaban J connectivity index is -0.0000000706. The Kier molecular flexibility index (Phi) is 50.0. The van der Waals surface area contributed by atoms with Crippen molar-refractivity contribution in [3.63, 3.8) is 0 Å². The Morgan fingerprint density at radius 1 is 0.960 bits per heavy atom. The lowest BCUT2D eigenvalue weighted by atomic mass is 10.4. The Hall–Kier alpha value is -0.280. The van der Waals surface area contributed by atoms with Crippen LogP contribution in [-0.2, 0) is 28.5 Å². The molecule has 1 rings (SSSR count). The third-order valence-electron chi connectivity index (χ3n) is 2.53. The van der Waals surface area contributed by atoms with Crippen molar-refractivity contribution in [2.24, 2.45) is 0 Å². The summed E-state index contributed by atoms with van der Waals surface area (Å²) in [6.07, 6.45) is 4.51. The highest BCUT2D eigenvalue weighted by Crippen LogP contribution is 1.98. The van der Waals surface area contributed by atoms with Crippen molar-refractivity contribution in [3.8, 4) is 0 Å². The number of aliphatic hydroxyl groups is 1. The van der Waals surface area contributed by atoms with Gasteiger partial charge in [0.1, 0.15) is 6.29 Å². The minimum absolute atomic E-state index is 0. The van der Waals surface area contributed by atoms with Gasteiger partial charge >= 0.3 is 0 Å². The van der Waals surface area contributed by atoms with Gasteiger partial charge < -0.3 is 33.6 Å². The van der Waals surface area contributed by atoms with Crippen molar-refractivity contribution in [3.05, 3.63) is 0 Å². The Morgan fingerprint density at radius 3 is 1.36 bits per heavy atom. The van der Waals surface area contributed by atoms with Crippen LogP contribution in [0.15, 0.2) is 0 Å². The van der Waals surface area contributed by atoms with E-state index in [9.17, 15) is 4.79 Å². The lowest BCUT2D eigenvalue weighted by molar-refractivity contribution is -0.127. The van der Waals surface area contributed by atoms with E-state index in [-0.39, 0.29) is 32.7 Å². The topological polar surface area (TPSA) is 83.5 Å². The number of methoxy groups -OCH3 is 4. The van der Waals surface area contributed by atoms with E-state index in [1.165, 1.54) is 27.1 Å². The van der Waals surface area contributed by atoms with Crippen LogP contribution in [0, 0.1) is 0 Å². The predicted octanol–water partition coefficient (Wildman–Crippen LogP) is 3.06. The smallest absolute Gasteiger partial charge is 0.179 e. The lowest BCUT2D eigenvalue weighted by Gasteiger charge is -2.08. The summed E-state index contributed by atoms with van der Waals surface area (Å²) in [6.45, 7) is 5.73. The van der Waals surface area contributed by atoms with Crippen LogP contribution < -0.4 is 0 Å². The second-order valence-corrected chi connectivity index (χ2v) is 4.29. The Bertz CT molecular complexity index is 167. The summed E-state index contributed by atoms with van der Waals surface area (Å²) >= 11 is 0. The van der Waals surface area contributed by atoms with Crippen molar-refractivity contribution >= 4 is 18.7 Å². The van der Waals surface area contributed by atoms with Gasteiger partial charge in [0, 0.05) is 48.1 Å². The fourth-order valence-electron chi connectivity index (χ4n) is 1.19. The van der Waals surface area contributed by atoms with E-state index in [1.807, 2.05) is 13.8 Å². The van der Waals surface area contributed by atoms with Crippen LogP contribution in [0.2, 0.25) is 0 Å². The van der Waals surface area contributed by atoms with Crippen molar-refractivity contribution in [2.75, 3.05) is 48.3 Å². The van der Waals surface area contributed by atoms with Gasteiger partial charge in [0.25, 0.3) is 0 Å². The Labute approximate surface area is 160 Å². The van der Waals surface area contributed by atoms with Gasteiger partial charge in [0.05, 0.1) is 6.61 Å². The van der Waals surface area contributed by atoms with Crippen molar-refractivity contribution in [1.82, 2.24) is 0 Å². The standard InChI is InChI=1S/C5H12O2.C4H10O3.C4H8O.C3H6O.CH4.ClH/c1-4-5(6-2)7-3;1-6-4(3-5)7-2;1-2-4-5-3-1;1-2-3-4;;/h5H,4H2,1-3H3;4-5H,3H2,1-2H3;1-4H2;3H,2H2,1H3;1H4;1H. The van der Waals surface area contributed by atoms with E-state index in [0.29, 0.717) is 6.42 Å². The number of halogens is 1. The molecular formula is C17H41ClO7. The molecule has 1 heterocycles. The van der Waals surface area contributed by atoms with Gasteiger partial charge in [-0.25, -0.2) is 0 Å². The molecule has 1 aliphatic heterocycles. The third kappa shape index (κ3) is 35.6. The molecule has 0 bridgehead atoms. The molecular weight excluding hydrogens is 352 g/mol. The average Bonchev–Trinajstić information content (AvgIpc) is 3.19. The zero-order chi connectivity index (χ0) is 18.3. The molecule has 25 heavy (non-hydrogen) atoms. The van der Waals surface area contributed by atoms with Gasteiger partial charge in [0.15, 0.2) is 12.6 Å². The molecule has 1 aliphatic rings. The second-order valence-electron chi connectivity index (χ2n) is 4.29. The Morgan fingerprint density at radius 2 is 1.32 bits per heavy atom. The molecule has 0 atom stereocenters. The molecule has 0 aromatic heterocycles. The molecule has 158 valence electrons. The van der Waals surface area contributed by atoms with Crippen LogP contribution in [0.5, 0.6) is 0 Å². The number of carbonyl (C=O) groups is 1. The number of hydrogen-bond donors (Lipinski definition) is 1. The summed E-state index contributed by atoms with van der Waals surface area (Å²) in [5, 5.41) is 8.28. The monoisotopic (exact) mass is 392 g/mol. The first kappa shape index (κ1) is 35.8. The van der Waals surface area contributed by atoms with Crippen LogP contribution >= 0.6 is 12.4 Å². The molecule has 0 saturated carbocycles. The fourth-order valence-corrected chi connectivity index (χ4v) is 1.19. The molecule has 0 aliphatic carbocycles. The number of rotatable bonds is 7.